The molecule has 22 heavy (non-hydrogen) atoms. The molecule has 0 heterocycles. The van der Waals surface area contributed by atoms with Crippen LogP contribution >= 0.6 is 0 Å². The van der Waals surface area contributed by atoms with Gasteiger partial charge in [-0.3, -0.25) is 0 Å². The highest BCUT2D eigenvalue weighted by Crippen LogP contribution is 2.66. The van der Waals surface area contributed by atoms with E-state index >= 15 is 0 Å². The van der Waals surface area contributed by atoms with Crippen LogP contribution in [0.25, 0.3) is 0 Å². The third-order valence-corrected chi connectivity index (χ3v) is 8.33. The smallest absolute Gasteiger partial charge is 0.0944 e. The molecule has 4 N–H and O–H groups in total. The Hall–Kier alpha value is -0.540. The first-order chi connectivity index (χ1) is 10.3. The largest absolute Gasteiger partial charge is 0.512 e. The molecule has 3 heteroatoms. The van der Waals surface area contributed by atoms with Gasteiger partial charge >= 0.3 is 0 Å². The van der Waals surface area contributed by atoms with E-state index in [0.717, 1.165) is 43.9 Å². The summed E-state index contributed by atoms with van der Waals surface area (Å²) in [4.78, 5) is 0. The van der Waals surface area contributed by atoms with E-state index in [1.165, 1.54) is 19.3 Å². The molecule has 0 spiro atoms. The van der Waals surface area contributed by atoms with Gasteiger partial charge in [0.05, 0.1) is 11.4 Å². The fourth-order valence-corrected chi connectivity index (χ4v) is 6.84. The number of allylic oxidation sites excluding steroid dienone is 2. The molecule has 0 aliphatic heterocycles. The Balaban J connectivity index is 1.62. The maximum atomic E-state index is 10.4. The Bertz CT molecular complexity index is 514. The highest BCUT2D eigenvalue weighted by Gasteiger charge is 2.59. The molecule has 3 fully saturated rings. The van der Waals surface area contributed by atoms with Crippen molar-refractivity contribution in [3.8, 4) is 0 Å². The van der Waals surface area contributed by atoms with Crippen LogP contribution in [0.3, 0.4) is 0 Å². The first-order valence-electron chi connectivity index (χ1n) is 9.20. The molecule has 0 aromatic heterocycles. The summed E-state index contributed by atoms with van der Waals surface area (Å²) in [6, 6.07) is 0. The zero-order valence-corrected chi connectivity index (χ0v) is 14.1. The molecule has 0 aromatic carbocycles. The van der Waals surface area contributed by atoms with Crippen molar-refractivity contribution in [2.75, 3.05) is 0 Å². The highest BCUT2D eigenvalue weighted by atomic mass is 16.3. The van der Waals surface area contributed by atoms with Crippen LogP contribution in [0.2, 0.25) is 0 Å². The molecule has 0 bridgehead atoms. The number of rotatable bonds is 0. The number of nitrogens with two attached hydrogens (primary N) is 1. The fourth-order valence-electron chi connectivity index (χ4n) is 6.84. The van der Waals surface area contributed by atoms with Crippen LogP contribution in [-0.2, 0) is 0 Å². The van der Waals surface area contributed by atoms with Crippen LogP contribution in [0.15, 0.2) is 11.8 Å². The molecule has 4 aliphatic carbocycles. The van der Waals surface area contributed by atoms with Crippen molar-refractivity contribution in [1.82, 2.24) is 5.73 Å². The minimum atomic E-state index is -0.687. The summed E-state index contributed by atoms with van der Waals surface area (Å²) in [6.45, 7) is 4.78. The molecule has 123 valence electrons. The second kappa shape index (κ2) is 4.51. The molecule has 0 amide bonds. The topological polar surface area (TPSA) is 70.0 Å². The number of hydrogen-bond acceptors (Lipinski definition) is 2. The lowest BCUT2D eigenvalue weighted by Crippen LogP contribution is -2.58. The molecule has 3 nitrogen and oxygen atoms in total. The molecule has 7 atom stereocenters. The van der Waals surface area contributed by atoms with Crippen LogP contribution < -0.4 is 11.5 Å². The lowest BCUT2D eigenvalue weighted by Gasteiger charge is -2.61. The minimum absolute atomic E-state index is 0.0477. The van der Waals surface area contributed by atoms with Crippen LogP contribution in [-0.4, -0.2) is 10.8 Å². The van der Waals surface area contributed by atoms with Crippen molar-refractivity contribution in [1.29, 1.82) is 0 Å². The van der Waals surface area contributed by atoms with Crippen molar-refractivity contribution < 1.29 is 5.11 Å². The van der Waals surface area contributed by atoms with Crippen LogP contribution in [0, 0.1) is 34.5 Å². The predicted molar refractivity (Wildman–Crippen MR) is 87.8 cm³/mol. The summed E-state index contributed by atoms with van der Waals surface area (Å²) in [5, 5.41) is 10.4. The zero-order chi connectivity index (χ0) is 15.8. The van der Waals surface area contributed by atoms with Gasteiger partial charge in [0.25, 0.3) is 0 Å². The Morgan fingerprint density at radius 1 is 1.14 bits per heavy atom. The van der Waals surface area contributed by atoms with Crippen LogP contribution in [0.1, 0.15) is 65.2 Å². The van der Waals surface area contributed by atoms with Gasteiger partial charge in [-0.25, -0.2) is 5.73 Å². The molecular weight excluding hydrogens is 272 g/mol. The molecule has 3 unspecified atom stereocenters. The van der Waals surface area contributed by atoms with Crippen molar-refractivity contribution in [2.24, 2.45) is 40.2 Å². The van der Waals surface area contributed by atoms with Crippen molar-refractivity contribution in [2.45, 2.75) is 70.9 Å². The SMILES string of the molecule is C[C@]12CCC3C(CC[C@H]4C[C@@]([NH])(N)CC[C@]34C)C1CC=C2O. The van der Waals surface area contributed by atoms with Crippen molar-refractivity contribution in [3.63, 3.8) is 0 Å². The monoisotopic (exact) mass is 303 g/mol. The predicted octanol–water partition coefficient (Wildman–Crippen LogP) is 4.02. The number of fused-ring (bicyclic) bond motifs is 5. The standard InChI is InChI=1S/C19H31N2O/c1-17-9-10-19(20,21)11-12(17)3-4-13-14-5-6-16(22)18(14,2)8-7-15(13)17/h6,12-15,20,22H,3-5,7-11,21H2,1-2H3/t12-,13?,14?,15?,17-,18-,19-/m0/s1. The average Bonchev–Trinajstić information content (AvgIpc) is 2.76. The third kappa shape index (κ3) is 1.88. The lowest BCUT2D eigenvalue weighted by molar-refractivity contribution is -0.115. The summed E-state index contributed by atoms with van der Waals surface area (Å²) in [6.07, 6.45) is 10.9. The van der Waals surface area contributed by atoms with E-state index in [1.807, 2.05) is 0 Å². The quantitative estimate of drug-likeness (QED) is 0.709. The van der Waals surface area contributed by atoms with Crippen molar-refractivity contribution in [3.05, 3.63) is 11.8 Å². The summed E-state index contributed by atoms with van der Waals surface area (Å²) >= 11 is 0. The van der Waals surface area contributed by atoms with Gasteiger partial charge in [0.2, 0.25) is 0 Å². The van der Waals surface area contributed by atoms with Gasteiger partial charge in [-0.05, 0) is 86.5 Å². The summed E-state index contributed by atoms with van der Waals surface area (Å²) in [5.74, 6) is 3.48. The average molecular weight is 303 g/mol. The fraction of sp³-hybridized carbons (Fsp3) is 0.895. The summed E-state index contributed by atoms with van der Waals surface area (Å²) < 4.78 is 0. The minimum Gasteiger partial charge on any atom is -0.512 e. The van der Waals surface area contributed by atoms with E-state index in [1.54, 1.807) is 0 Å². The molecule has 4 aliphatic rings. The molecule has 0 saturated heterocycles. The number of hydrogen-bond donors (Lipinski definition) is 2. The highest BCUT2D eigenvalue weighted by molar-refractivity contribution is 5.20. The Labute approximate surface area is 134 Å². The van der Waals surface area contributed by atoms with E-state index in [-0.39, 0.29) is 5.41 Å². The van der Waals surface area contributed by atoms with Crippen molar-refractivity contribution >= 4 is 0 Å². The van der Waals surface area contributed by atoms with Gasteiger partial charge in [-0.2, -0.15) is 0 Å². The van der Waals surface area contributed by atoms with Gasteiger partial charge in [0.1, 0.15) is 0 Å². The molecule has 3 saturated carbocycles. The Morgan fingerprint density at radius 2 is 1.91 bits per heavy atom. The lowest BCUT2D eigenvalue weighted by atomic mass is 9.44. The maximum Gasteiger partial charge on any atom is 0.0944 e. The number of aliphatic hydroxyl groups is 1. The van der Waals surface area contributed by atoms with Gasteiger partial charge in [0, 0.05) is 5.41 Å². The van der Waals surface area contributed by atoms with E-state index < -0.39 is 5.66 Å². The molecular formula is C19H31N2O. The zero-order valence-electron chi connectivity index (χ0n) is 14.1. The number of aliphatic hydroxyl groups excluding tert-OH is 1. The second-order valence-corrected chi connectivity index (χ2v) is 9.30. The van der Waals surface area contributed by atoms with E-state index in [0.29, 0.717) is 23.0 Å². The van der Waals surface area contributed by atoms with Gasteiger partial charge < -0.3 is 10.8 Å². The normalized spacial score (nSPS) is 53.2. The van der Waals surface area contributed by atoms with E-state index in [9.17, 15) is 5.11 Å². The number of nitrogens with one attached hydrogen (secondary N) is 1. The molecule has 0 aromatic rings. The second-order valence-electron chi connectivity index (χ2n) is 9.30. The van der Waals surface area contributed by atoms with Gasteiger partial charge in [-0.1, -0.05) is 13.8 Å². The third-order valence-electron chi connectivity index (χ3n) is 8.33. The first kappa shape index (κ1) is 15.0. The maximum absolute atomic E-state index is 10.4. The van der Waals surface area contributed by atoms with E-state index in [2.05, 4.69) is 19.9 Å². The van der Waals surface area contributed by atoms with Crippen LogP contribution in [0.5, 0.6) is 0 Å². The van der Waals surface area contributed by atoms with Gasteiger partial charge in [0.15, 0.2) is 0 Å². The van der Waals surface area contributed by atoms with E-state index in [4.69, 9.17) is 11.5 Å². The summed E-state index contributed by atoms with van der Waals surface area (Å²) in [5.41, 5.74) is 14.2. The first-order valence-corrected chi connectivity index (χ1v) is 9.20. The summed E-state index contributed by atoms with van der Waals surface area (Å²) in [7, 11) is 0. The molecule has 4 rings (SSSR count). The van der Waals surface area contributed by atoms with Crippen LogP contribution in [0.4, 0.5) is 0 Å². The molecule has 1 radical (unpaired) electrons. The Kier molecular flexibility index (Phi) is 3.08. The van der Waals surface area contributed by atoms with Gasteiger partial charge in [-0.15, -0.1) is 0 Å². The Morgan fingerprint density at radius 3 is 2.68 bits per heavy atom.